The van der Waals surface area contributed by atoms with E-state index in [4.69, 9.17) is 0 Å². The van der Waals surface area contributed by atoms with Gasteiger partial charge in [0, 0.05) is 17.1 Å². The van der Waals surface area contributed by atoms with Gasteiger partial charge in [-0.3, -0.25) is 0 Å². The fraction of sp³-hybridized carbons (Fsp3) is 0. The molecule has 0 aliphatic carbocycles. The zero-order valence-corrected chi connectivity index (χ0v) is 25.8. The SMILES string of the molecule is c1ccc(-c2ccc(N(c3cccc(-c4ccc5ccccc5c4)c3)c3ccc4c(ccc5ccc6ccccc6c54)c3)cc2)cc1. The molecule has 0 saturated carbocycles. The molecule has 9 rings (SSSR count). The average Bonchev–Trinajstić information content (AvgIpc) is 3.15. The highest BCUT2D eigenvalue weighted by atomic mass is 15.1. The Labute approximate surface area is 274 Å². The van der Waals surface area contributed by atoms with E-state index in [0.717, 1.165) is 17.1 Å². The summed E-state index contributed by atoms with van der Waals surface area (Å²) >= 11 is 0. The molecule has 1 nitrogen and oxygen atoms in total. The van der Waals surface area contributed by atoms with Crippen molar-refractivity contribution in [1.82, 2.24) is 0 Å². The quantitative estimate of drug-likeness (QED) is 0.178. The monoisotopic (exact) mass is 597 g/mol. The van der Waals surface area contributed by atoms with Crippen molar-refractivity contribution in [3.05, 3.63) is 188 Å². The van der Waals surface area contributed by atoms with Crippen LogP contribution < -0.4 is 4.90 Å². The number of hydrogen-bond donors (Lipinski definition) is 0. The fourth-order valence-electron chi connectivity index (χ4n) is 7.04. The number of anilines is 3. The van der Waals surface area contributed by atoms with Crippen molar-refractivity contribution in [2.24, 2.45) is 0 Å². The largest absolute Gasteiger partial charge is 0.310 e. The van der Waals surface area contributed by atoms with E-state index in [9.17, 15) is 0 Å². The lowest BCUT2D eigenvalue weighted by molar-refractivity contribution is 1.29. The summed E-state index contributed by atoms with van der Waals surface area (Å²) in [5.41, 5.74) is 8.18. The number of fused-ring (bicyclic) bond motifs is 6. The van der Waals surface area contributed by atoms with Crippen molar-refractivity contribution in [3.63, 3.8) is 0 Å². The molecule has 1 heteroatoms. The molecule has 0 radical (unpaired) electrons. The minimum absolute atomic E-state index is 1.12. The standard InChI is InChI=1S/C46H31N/c1-2-9-32(10-3-1)34-23-25-41(26-24-34)47(42-15-8-14-38(30-42)39-21-17-33-11-4-5-13-37(33)29-39)43-27-28-45-40(31-43)22-20-36-19-18-35-12-6-7-16-44(35)46(36)45/h1-31H. The summed E-state index contributed by atoms with van der Waals surface area (Å²) < 4.78 is 0. The first-order valence-corrected chi connectivity index (χ1v) is 16.2. The third kappa shape index (κ3) is 4.90. The average molecular weight is 598 g/mol. The number of nitrogens with zero attached hydrogens (tertiary/aromatic N) is 1. The van der Waals surface area contributed by atoms with E-state index in [1.807, 2.05) is 0 Å². The molecule has 0 aliphatic heterocycles. The Morgan fingerprint density at radius 1 is 0.255 bits per heavy atom. The Hall–Kier alpha value is -6.18. The molecular weight excluding hydrogens is 567 g/mol. The Morgan fingerprint density at radius 3 is 1.66 bits per heavy atom. The highest BCUT2D eigenvalue weighted by Crippen LogP contribution is 2.40. The number of benzene rings is 9. The lowest BCUT2D eigenvalue weighted by Crippen LogP contribution is -2.10. The minimum Gasteiger partial charge on any atom is -0.310 e. The molecule has 0 amide bonds. The Morgan fingerprint density at radius 2 is 0.809 bits per heavy atom. The third-order valence-corrected chi connectivity index (χ3v) is 9.39. The Bertz CT molecular complexity index is 2560. The van der Waals surface area contributed by atoms with Crippen molar-refractivity contribution in [2.45, 2.75) is 0 Å². The predicted molar refractivity (Wildman–Crippen MR) is 202 cm³/mol. The van der Waals surface area contributed by atoms with Crippen molar-refractivity contribution in [2.75, 3.05) is 4.90 Å². The van der Waals surface area contributed by atoms with Gasteiger partial charge in [-0.1, -0.05) is 146 Å². The summed E-state index contributed by atoms with van der Waals surface area (Å²) in [7, 11) is 0. The fourth-order valence-corrected chi connectivity index (χ4v) is 7.04. The van der Waals surface area contributed by atoms with Gasteiger partial charge < -0.3 is 4.90 Å². The number of hydrogen-bond acceptors (Lipinski definition) is 1. The van der Waals surface area contributed by atoms with Gasteiger partial charge in [-0.2, -0.15) is 0 Å². The van der Waals surface area contributed by atoms with Crippen molar-refractivity contribution in [1.29, 1.82) is 0 Å². The minimum atomic E-state index is 1.12. The molecule has 0 bridgehead atoms. The van der Waals surface area contributed by atoms with E-state index in [-0.39, 0.29) is 0 Å². The molecule has 0 heterocycles. The second-order valence-electron chi connectivity index (χ2n) is 12.2. The first-order chi connectivity index (χ1) is 23.3. The molecule has 47 heavy (non-hydrogen) atoms. The Kier molecular flexibility index (Phi) is 6.54. The summed E-state index contributed by atoms with van der Waals surface area (Å²) in [6, 6.07) is 68.3. The van der Waals surface area contributed by atoms with Crippen LogP contribution in [0.1, 0.15) is 0 Å². The maximum Gasteiger partial charge on any atom is 0.0468 e. The van der Waals surface area contributed by atoms with E-state index in [2.05, 4.69) is 193 Å². The van der Waals surface area contributed by atoms with Crippen LogP contribution in [-0.2, 0) is 0 Å². The second-order valence-corrected chi connectivity index (χ2v) is 12.2. The van der Waals surface area contributed by atoms with Crippen LogP contribution in [0.15, 0.2) is 188 Å². The molecule has 220 valence electrons. The Balaban J connectivity index is 1.21. The summed E-state index contributed by atoms with van der Waals surface area (Å²) in [6.45, 7) is 0. The predicted octanol–water partition coefficient (Wildman–Crippen LogP) is 13.1. The normalized spacial score (nSPS) is 11.4. The molecule has 0 aromatic heterocycles. The molecule has 9 aromatic rings. The van der Waals surface area contributed by atoms with Crippen LogP contribution in [0.3, 0.4) is 0 Å². The summed E-state index contributed by atoms with van der Waals surface area (Å²) in [5, 5.41) is 10.1. The smallest absolute Gasteiger partial charge is 0.0468 e. The molecule has 0 fully saturated rings. The van der Waals surface area contributed by atoms with Crippen molar-refractivity contribution >= 4 is 60.2 Å². The van der Waals surface area contributed by atoms with Gasteiger partial charge in [-0.25, -0.2) is 0 Å². The molecule has 0 atom stereocenters. The van der Waals surface area contributed by atoms with Crippen LogP contribution in [0.5, 0.6) is 0 Å². The van der Waals surface area contributed by atoms with Crippen LogP contribution in [0.2, 0.25) is 0 Å². The lowest BCUT2D eigenvalue weighted by atomic mass is 9.96. The van der Waals surface area contributed by atoms with E-state index >= 15 is 0 Å². The summed E-state index contributed by atoms with van der Waals surface area (Å²) in [6.07, 6.45) is 0. The zero-order chi connectivity index (χ0) is 31.2. The van der Waals surface area contributed by atoms with E-state index in [1.165, 1.54) is 65.3 Å². The number of rotatable bonds is 5. The summed E-state index contributed by atoms with van der Waals surface area (Å²) in [5.74, 6) is 0. The molecule has 0 saturated heterocycles. The molecule has 9 aromatic carbocycles. The zero-order valence-electron chi connectivity index (χ0n) is 25.8. The van der Waals surface area contributed by atoms with Crippen LogP contribution in [0, 0.1) is 0 Å². The molecular formula is C46H31N. The maximum atomic E-state index is 2.38. The van der Waals surface area contributed by atoms with Gasteiger partial charge in [0.15, 0.2) is 0 Å². The van der Waals surface area contributed by atoms with Gasteiger partial charge in [-0.05, 0) is 108 Å². The third-order valence-electron chi connectivity index (χ3n) is 9.39. The molecule has 0 aliphatic rings. The van der Waals surface area contributed by atoms with Gasteiger partial charge >= 0.3 is 0 Å². The highest BCUT2D eigenvalue weighted by molar-refractivity contribution is 6.20. The van der Waals surface area contributed by atoms with Crippen LogP contribution in [-0.4, -0.2) is 0 Å². The van der Waals surface area contributed by atoms with Gasteiger partial charge in [0.25, 0.3) is 0 Å². The van der Waals surface area contributed by atoms with Gasteiger partial charge in [0.1, 0.15) is 0 Å². The van der Waals surface area contributed by atoms with Gasteiger partial charge in [0.05, 0.1) is 0 Å². The van der Waals surface area contributed by atoms with E-state index in [1.54, 1.807) is 0 Å². The van der Waals surface area contributed by atoms with Crippen LogP contribution in [0.4, 0.5) is 17.1 Å². The van der Waals surface area contributed by atoms with E-state index in [0.29, 0.717) is 0 Å². The van der Waals surface area contributed by atoms with Gasteiger partial charge in [-0.15, -0.1) is 0 Å². The topological polar surface area (TPSA) is 3.24 Å². The van der Waals surface area contributed by atoms with Crippen LogP contribution in [0.25, 0.3) is 65.3 Å². The second kappa shape index (κ2) is 11.3. The highest BCUT2D eigenvalue weighted by Gasteiger charge is 2.16. The first kappa shape index (κ1) is 27.2. The summed E-state index contributed by atoms with van der Waals surface area (Å²) in [4.78, 5) is 2.38. The maximum absolute atomic E-state index is 2.38. The molecule has 0 spiro atoms. The first-order valence-electron chi connectivity index (χ1n) is 16.2. The van der Waals surface area contributed by atoms with Crippen molar-refractivity contribution < 1.29 is 0 Å². The van der Waals surface area contributed by atoms with Crippen LogP contribution >= 0.6 is 0 Å². The van der Waals surface area contributed by atoms with Gasteiger partial charge in [0.2, 0.25) is 0 Å². The van der Waals surface area contributed by atoms with Crippen molar-refractivity contribution in [3.8, 4) is 22.3 Å². The van der Waals surface area contributed by atoms with E-state index < -0.39 is 0 Å². The molecule has 0 unspecified atom stereocenters. The lowest BCUT2D eigenvalue weighted by Gasteiger charge is -2.27. The molecule has 0 N–H and O–H groups in total.